The van der Waals surface area contributed by atoms with E-state index in [1.807, 2.05) is 48.5 Å². The molecule has 1 amide bonds. The molecular weight excluding hydrogens is 440 g/mol. The third kappa shape index (κ3) is 4.46. The van der Waals surface area contributed by atoms with Crippen molar-refractivity contribution in [3.63, 3.8) is 0 Å². The predicted octanol–water partition coefficient (Wildman–Crippen LogP) is 5.10. The molecule has 0 radical (unpaired) electrons. The van der Waals surface area contributed by atoms with E-state index in [0.29, 0.717) is 28.9 Å². The molecule has 0 N–H and O–H groups in total. The van der Waals surface area contributed by atoms with Crippen LogP contribution in [0.5, 0.6) is 5.75 Å². The minimum atomic E-state index is -0.0280. The van der Waals surface area contributed by atoms with Crippen LogP contribution in [0, 0.1) is 0 Å². The number of ether oxygens (including phenoxy) is 2. The average molecular weight is 465 g/mol. The number of carbonyl (C=O) groups excluding carboxylic acids is 1. The summed E-state index contributed by atoms with van der Waals surface area (Å²) >= 11 is 6.87. The van der Waals surface area contributed by atoms with E-state index < -0.39 is 0 Å². The standard InChI is InChI=1S/C25H24N2O3S2/c28-24-23(32-25(31)27(24)17-20-9-6-13-29-20)15-18-16-26(22-11-5-4-10-21(18)22)12-14-30-19-7-2-1-3-8-19/h1-5,7-8,10-11,15-16,20H,6,9,12-14,17H2/b23-15-/t20-/m1/s1. The number of amides is 1. The topological polar surface area (TPSA) is 43.7 Å². The van der Waals surface area contributed by atoms with Gasteiger partial charge >= 0.3 is 0 Å². The van der Waals surface area contributed by atoms with Gasteiger partial charge in [-0.05, 0) is 37.1 Å². The van der Waals surface area contributed by atoms with Crippen molar-refractivity contribution in [1.29, 1.82) is 0 Å². The van der Waals surface area contributed by atoms with E-state index in [4.69, 9.17) is 21.7 Å². The van der Waals surface area contributed by atoms with Gasteiger partial charge in [-0.15, -0.1) is 0 Å². The van der Waals surface area contributed by atoms with Crippen molar-refractivity contribution >= 4 is 51.2 Å². The van der Waals surface area contributed by atoms with Gasteiger partial charge in [-0.2, -0.15) is 0 Å². The molecule has 1 aromatic heterocycles. The lowest BCUT2D eigenvalue weighted by atomic mass is 10.1. The Balaban J connectivity index is 1.35. The molecule has 32 heavy (non-hydrogen) atoms. The highest BCUT2D eigenvalue weighted by Gasteiger charge is 2.34. The van der Waals surface area contributed by atoms with Gasteiger partial charge in [-0.25, -0.2) is 0 Å². The third-order valence-corrected chi connectivity index (χ3v) is 7.11. The van der Waals surface area contributed by atoms with Crippen molar-refractivity contribution in [3.8, 4) is 5.75 Å². The Hall–Kier alpha value is -2.61. The summed E-state index contributed by atoms with van der Waals surface area (Å²) < 4.78 is 14.4. The zero-order valence-electron chi connectivity index (χ0n) is 17.6. The summed E-state index contributed by atoms with van der Waals surface area (Å²) in [5.74, 6) is 0.832. The average Bonchev–Trinajstić information content (AvgIpc) is 3.51. The van der Waals surface area contributed by atoms with Gasteiger partial charge in [0.1, 0.15) is 16.7 Å². The van der Waals surface area contributed by atoms with Crippen LogP contribution < -0.4 is 4.74 Å². The first-order valence-corrected chi connectivity index (χ1v) is 12.0. The Morgan fingerprint density at radius 3 is 2.78 bits per heavy atom. The summed E-state index contributed by atoms with van der Waals surface area (Å²) in [6.45, 7) is 2.58. The minimum absolute atomic E-state index is 0.0280. The zero-order valence-corrected chi connectivity index (χ0v) is 19.2. The summed E-state index contributed by atoms with van der Waals surface area (Å²) in [4.78, 5) is 15.4. The first kappa shape index (κ1) is 21.2. The number of para-hydroxylation sites is 2. The number of thiocarbonyl (C=S) groups is 1. The van der Waals surface area contributed by atoms with E-state index in [1.54, 1.807) is 4.90 Å². The van der Waals surface area contributed by atoms with Crippen molar-refractivity contribution in [2.45, 2.75) is 25.5 Å². The van der Waals surface area contributed by atoms with Gasteiger partial charge in [0.2, 0.25) is 0 Å². The number of rotatable bonds is 7. The van der Waals surface area contributed by atoms with Crippen LogP contribution in [0.2, 0.25) is 0 Å². The lowest BCUT2D eigenvalue weighted by Crippen LogP contribution is -2.35. The van der Waals surface area contributed by atoms with Crippen LogP contribution in [-0.2, 0) is 16.1 Å². The van der Waals surface area contributed by atoms with Crippen LogP contribution in [0.3, 0.4) is 0 Å². The number of aromatic nitrogens is 1. The first-order valence-electron chi connectivity index (χ1n) is 10.8. The fourth-order valence-corrected chi connectivity index (χ4v) is 5.41. The molecule has 5 nitrogen and oxygen atoms in total. The van der Waals surface area contributed by atoms with E-state index in [2.05, 4.69) is 22.9 Å². The molecule has 2 fully saturated rings. The maximum atomic E-state index is 13.0. The molecule has 0 bridgehead atoms. The molecule has 2 aliphatic heterocycles. The molecule has 7 heteroatoms. The molecule has 3 heterocycles. The molecule has 0 saturated carbocycles. The number of hydrogen-bond acceptors (Lipinski definition) is 5. The first-order chi connectivity index (χ1) is 15.7. The highest BCUT2D eigenvalue weighted by molar-refractivity contribution is 8.26. The van der Waals surface area contributed by atoms with Crippen LogP contribution in [0.25, 0.3) is 17.0 Å². The van der Waals surface area contributed by atoms with Gasteiger partial charge < -0.3 is 14.0 Å². The maximum Gasteiger partial charge on any atom is 0.266 e. The van der Waals surface area contributed by atoms with Crippen molar-refractivity contribution in [1.82, 2.24) is 9.47 Å². The number of benzene rings is 2. The van der Waals surface area contributed by atoms with Gasteiger partial charge in [0, 0.05) is 29.3 Å². The fourth-order valence-electron chi connectivity index (χ4n) is 4.14. The monoisotopic (exact) mass is 464 g/mol. The summed E-state index contributed by atoms with van der Waals surface area (Å²) in [7, 11) is 0. The number of hydrogen-bond donors (Lipinski definition) is 0. The van der Waals surface area contributed by atoms with Gasteiger partial charge in [0.15, 0.2) is 0 Å². The van der Waals surface area contributed by atoms with Gasteiger partial charge in [0.05, 0.1) is 24.1 Å². The van der Waals surface area contributed by atoms with Crippen LogP contribution in [0.1, 0.15) is 18.4 Å². The van der Waals surface area contributed by atoms with Crippen LogP contribution in [0.15, 0.2) is 65.7 Å². The van der Waals surface area contributed by atoms with E-state index >= 15 is 0 Å². The predicted molar refractivity (Wildman–Crippen MR) is 133 cm³/mol. The molecule has 2 aromatic carbocycles. The number of fused-ring (bicyclic) bond motifs is 1. The quantitative estimate of drug-likeness (QED) is 0.360. The lowest BCUT2D eigenvalue weighted by molar-refractivity contribution is -0.123. The second-order valence-corrected chi connectivity index (χ2v) is 9.56. The van der Waals surface area contributed by atoms with Crippen molar-refractivity contribution in [2.75, 3.05) is 19.8 Å². The van der Waals surface area contributed by atoms with E-state index in [1.165, 1.54) is 11.8 Å². The highest BCUT2D eigenvalue weighted by atomic mass is 32.2. The Morgan fingerprint density at radius 2 is 1.97 bits per heavy atom. The smallest absolute Gasteiger partial charge is 0.266 e. The van der Waals surface area contributed by atoms with E-state index in [-0.39, 0.29) is 12.0 Å². The second kappa shape index (κ2) is 9.48. The molecule has 0 unspecified atom stereocenters. The lowest BCUT2D eigenvalue weighted by Gasteiger charge is -2.18. The Morgan fingerprint density at radius 1 is 1.16 bits per heavy atom. The molecule has 1 atom stereocenters. The summed E-state index contributed by atoms with van der Waals surface area (Å²) in [6, 6.07) is 18.0. The molecule has 164 valence electrons. The van der Waals surface area contributed by atoms with Crippen LogP contribution in [-0.4, -0.2) is 45.6 Å². The van der Waals surface area contributed by atoms with Gasteiger partial charge in [-0.1, -0.05) is 60.4 Å². The molecule has 0 spiro atoms. The van der Waals surface area contributed by atoms with Crippen LogP contribution in [0.4, 0.5) is 0 Å². The van der Waals surface area contributed by atoms with Crippen molar-refractivity contribution in [3.05, 3.63) is 71.3 Å². The fraction of sp³-hybridized carbons (Fsp3) is 0.280. The number of thioether (sulfide) groups is 1. The largest absolute Gasteiger partial charge is 0.492 e. The van der Waals surface area contributed by atoms with Crippen LogP contribution >= 0.6 is 24.0 Å². The molecule has 5 rings (SSSR count). The zero-order chi connectivity index (χ0) is 21.9. The summed E-state index contributed by atoms with van der Waals surface area (Å²) in [5, 5.41) is 1.11. The van der Waals surface area contributed by atoms with Gasteiger partial charge in [-0.3, -0.25) is 9.69 Å². The van der Waals surface area contributed by atoms with Crippen molar-refractivity contribution < 1.29 is 14.3 Å². The second-order valence-electron chi connectivity index (χ2n) is 7.88. The Bertz CT molecular complexity index is 1170. The Labute approximate surface area is 197 Å². The normalized spacial score (nSPS) is 20.1. The highest BCUT2D eigenvalue weighted by Crippen LogP contribution is 2.35. The molecular formula is C25H24N2O3S2. The molecule has 2 saturated heterocycles. The van der Waals surface area contributed by atoms with Gasteiger partial charge in [0.25, 0.3) is 5.91 Å². The van der Waals surface area contributed by atoms with Crippen molar-refractivity contribution in [2.24, 2.45) is 0 Å². The molecule has 0 aliphatic carbocycles. The number of nitrogens with zero attached hydrogens (tertiary/aromatic N) is 2. The minimum Gasteiger partial charge on any atom is -0.492 e. The maximum absolute atomic E-state index is 13.0. The van der Waals surface area contributed by atoms with E-state index in [9.17, 15) is 4.79 Å². The SMILES string of the molecule is O=C1/C(=C/c2cn(CCOc3ccccc3)c3ccccc23)SC(=S)N1C[C@H]1CCCO1. The molecule has 2 aliphatic rings. The Kier molecular flexibility index (Phi) is 6.30. The summed E-state index contributed by atoms with van der Waals surface area (Å²) in [6.07, 6.45) is 6.16. The summed E-state index contributed by atoms with van der Waals surface area (Å²) in [5.41, 5.74) is 2.13. The third-order valence-electron chi connectivity index (χ3n) is 5.73. The van der Waals surface area contributed by atoms with E-state index in [0.717, 1.165) is 41.7 Å². The molecule has 3 aromatic rings. The number of carbonyl (C=O) groups is 1.